The third kappa shape index (κ3) is 7.00. The van der Waals surface area contributed by atoms with Crippen LogP contribution in [0, 0.1) is 0 Å². The van der Waals surface area contributed by atoms with Gasteiger partial charge in [-0.25, -0.2) is 4.98 Å². The molecule has 8 heteroatoms. The predicted molar refractivity (Wildman–Crippen MR) is 140 cm³/mol. The van der Waals surface area contributed by atoms with E-state index in [2.05, 4.69) is 44.5 Å². The number of thiazole rings is 1. The van der Waals surface area contributed by atoms with Gasteiger partial charge in [0.25, 0.3) is 0 Å². The Balaban J connectivity index is 1.30. The Morgan fingerprint density at radius 2 is 1.42 bits per heavy atom. The number of nitrogens with zero attached hydrogens (tertiary/aromatic N) is 5. The van der Waals surface area contributed by atoms with Crippen LogP contribution < -0.4 is 5.73 Å². The highest BCUT2D eigenvalue weighted by molar-refractivity contribution is 7.30. The molecule has 2 aromatic heterocycles. The summed E-state index contributed by atoms with van der Waals surface area (Å²) in [6.45, 7) is 2.26. The molecule has 0 unspecified atom stereocenters. The van der Waals surface area contributed by atoms with Crippen LogP contribution in [0.5, 0.6) is 0 Å². The molecule has 0 aliphatic heterocycles. The number of nitrogen functional groups attached to an aromatic ring is 1. The average molecular weight is 477 g/mol. The number of rotatable bonds is 11. The lowest BCUT2D eigenvalue weighted by Gasteiger charge is -2.02. The van der Waals surface area contributed by atoms with E-state index in [-0.39, 0.29) is 0 Å². The van der Waals surface area contributed by atoms with Crippen LogP contribution in [0.4, 0.5) is 27.2 Å². The highest BCUT2D eigenvalue weighted by Gasteiger charge is 2.08. The molecule has 4 rings (SSSR count). The zero-order valence-corrected chi connectivity index (χ0v) is 20.4. The summed E-state index contributed by atoms with van der Waals surface area (Å²) in [5, 5.41) is 18.7. The average Bonchev–Trinajstić information content (AvgIpc) is 3.39. The van der Waals surface area contributed by atoms with Crippen molar-refractivity contribution in [3.05, 3.63) is 60.2 Å². The third-order valence-corrected chi connectivity index (χ3v) is 7.16. The van der Waals surface area contributed by atoms with E-state index in [9.17, 15) is 0 Å². The van der Waals surface area contributed by atoms with Crippen LogP contribution in [0.25, 0.3) is 9.53 Å². The van der Waals surface area contributed by atoms with Gasteiger partial charge >= 0.3 is 0 Å². The quantitative estimate of drug-likeness (QED) is 0.133. The van der Waals surface area contributed by atoms with Crippen LogP contribution in [-0.2, 0) is 6.42 Å². The maximum Gasteiger partial charge on any atom is 0.231 e. The van der Waals surface area contributed by atoms with Gasteiger partial charge in [-0.1, -0.05) is 73.8 Å². The fourth-order valence-electron chi connectivity index (χ4n) is 3.39. The summed E-state index contributed by atoms with van der Waals surface area (Å²) < 4.78 is 1.04. The van der Waals surface area contributed by atoms with E-state index in [4.69, 9.17) is 5.73 Å². The molecule has 170 valence electrons. The first-order valence-electron chi connectivity index (χ1n) is 11.4. The highest BCUT2D eigenvalue weighted by atomic mass is 32.1. The monoisotopic (exact) mass is 476 g/mol. The number of azo groups is 2. The minimum atomic E-state index is 0.623. The molecule has 0 spiro atoms. The van der Waals surface area contributed by atoms with Crippen molar-refractivity contribution in [2.24, 2.45) is 20.5 Å². The molecule has 0 amide bonds. The van der Waals surface area contributed by atoms with Crippen LogP contribution in [-0.4, -0.2) is 4.98 Å². The molecule has 2 N–H and O–H groups in total. The van der Waals surface area contributed by atoms with Gasteiger partial charge in [-0.2, -0.15) is 0 Å². The number of nitrogens with two attached hydrogens (primary N) is 1. The Morgan fingerprint density at radius 3 is 2.15 bits per heavy atom. The van der Waals surface area contributed by atoms with Gasteiger partial charge in [-0.3, -0.25) is 0 Å². The van der Waals surface area contributed by atoms with Gasteiger partial charge in [-0.05, 0) is 60.9 Å². The van der Waals surface area contributed by atoms with Gasteiger partial charge in [0.05, 0.1) is 16.1 Å². The Hall–Kier alpha value is -2.97. The van der Waals surface area contributed by atoms with Crippen LogP contribution >= 0.6 is 22.7 Å². The molecule has 4 aromatic rings. The molecule has 33 heavy (non-hydrogen) atoms. The molecule has 2 heterocycles. The molecule has 2 aromatic carbocycles. The van der Waals surface area contributed by atoms with Crippen LogP contribution in [0.3, 0.4) is 0 Å². The molecule has 0 saturated carbocycles. The predicted octanol–water partition coefficient (Wildman–Crippen LogP) is 9.67. The number of unbranched alkanes of at least 4 members (excludes halogenated alkanes) is 5. The zero-order valence-electron chi connectivity index (χ0n) is 18.8. The number of fused-ring (bicyclic) bond motifs is 1. The summed E-state index contributed by atoms with van der Waals surface area (Å²) in [5.41, 5.74) is 9.37. The van der Waals surface area contributed by atoms with Crippen molar-refractivity contribution in [2.45, 2.75) is 51.9 Å². The second-order valence-corrected chi connectivity index (χ2v) is 9.94. The smallest absolute Gasteiger partial charge is 0.231 e. The molecule has 0 aliphatic rings. The van der Waals surface area contributed by atoms with E-state index in [1.54, 1.807) is 12.1 Å². The normalized spacial score (nSPS) is 11.9. The van der Waals surface area contributed by atoms with Crippen molar-refractivity contribution >= 4 is 59.4 Å². The lowest BCUT2D eigenvalue weighted by atomic mass is 10.0. The van der Waals surface area contributed by atoms with Gasteiger partial charge < -0.3 is 5.73 Å². The van der Waals surface area contributed by atoms with Gasteiger partial charge in [0, 0.05) is 5.69 Å². The van der Waals surface area contributed by atoms with Crippen molar-refractivity contribution in [1.82, 2.24) is 4.98 Å². The Bertz CT molecular complexity index is 1170. The first kappa shape index (κ1) is 23.2. The van der Waals surface area contributed by atoms with Gasteiger partial charge in [-0.15, -0.1) is 20.5 Å². The van der Waals surface area contributed by atoms with Crippen LogP contribution in [0.2, 0.25) is 0 Å². The van der Waals surface area contributed by atoms with Crippen LogP contribution in [0.1, 0.15) is 51.0 Å². The fraction of sp³-hybridized carbons (Fsp3) is 0.320. The molecule has 0 atom stereocenters. The van der Waals surface area contributed by atoms with E-state index in [1.165, 1.54) is 66.8 Å². The number of benzene rings is 2. The summed E-state index contributed by atoms with van der Waals surface area (Å²) in [4.78, 5) is 5.43. The highest BCUT2D eigenvalue weighted by Crippen LogP contribution is 2.39. The van der Waals surface area contributed by atoms with E-state index < -0.39 is 0 Å². The maximum absolute atomic E-state index is 5.69. The summed E-state index contributed by atoms with van der Waals surface area (Å²) >= 11 is 2.99. The largest absolute Gasteiger partial charge is 0.399 e. The van der Waals surface area contributed by atoms with Crippen molar-refractivity contribution in [1.29, 1.82) is 0 Å². The van der Waals surface area contributed by atoms with Gasteiger partial charge in [0.1, 0.15) is 9.83 Å². The van der Waals surface area contributed by atoms with Crippen molar-refractivity contribution < 1.29 is 0 Å². The van der Waals surface area contributed by atoms with Crippen molar-refractivity contribution in [3.8, 4) is 0 Å². The molecule has 6 nitrogen and oxygen atoms in total. The summed E-state index contributed by atoms with van der Waals surface area (Å²) in [5.74, 6) is 0. The number of hydrogen-bond donors (Lipinski definition) is 1. The molecular formula is C25H28N6S2. The molecular weight excluding hydrogens is 448 g/mol. The van der Waals surface area contributed by atoms with Gasteiger partial charge in [0.15, 0.2) is 0 Å². The minimum Gasteiger partial charge on any atom is -0.399 e. The topological polar surface area (TPSA) is 88.3 Å². The molecule has 0 radical (unpaired) electrons. The van der Waals surface area contributed by atoms with E-state index in [0.717, 1.165) is 32.3 Å². The second kappa shape index (κ2) is 11.8. The van der Waals surface area contributed by atoms with E-state index >= 15 is 0 Å². The van der Waals surface area contributed by atoms with Crippen LogP contribution in [0.15, 0.2) is 75.1 Å². The third-order valence-electron chi connectivity index (χ3n) is 5.23. The summed E-state index contributed by atoms with van der Waals surface area (Å²) in [6.07, 6.45) is 9.07. The van der Waals surface area contributed by atoms with E-state index in [0.29, 0.717) is 10.8 Å². The number of hydrogen-bond acceptors (Lipinski definition) is 8. The molecule has 0 fully saturated rings. The summed E-state index contributed by atoms with van der Waals surface area (Å²) in [7, 11) is 0. The number of thiophene rings is 1. The number of aromatic nitrogens is 1. The van der Waals surface area contributed by atoms with E-state index in [1.807, 2.05) is 30.3 Å². The van der Waals surface area contributed by atoms with Gasteiger partial charge in [0.2, 0.25) is 5.13 Å². The second-order valence-electron chi connectivity index (χ2n) is 7.93. The SMILES string of the molecule is CCCCCCCCc1ccc(N=Nc2cc3sc(N=Nc4ccc(N)cc4)nc3s2)cc1. The zero-order chi connectivity index (χ0) is 22.9. The Morgan fingerprint density at radius 1 is 0.758 bits per heavy atom. The first-order valence-corrected chi connectivity index (χ1v) is 13.0. The standard InChI is InChI=1S/C25H28N6S2/c1-2-3-4-5-6-7-8-18-9-13-20(14-10-18)28-30-23-17-22-24(33-23)27-25(32-22)31-29-21-15-11-19(26)12-16-21/h9-17H,2-8,26H2,1H3. The maximum atomic E-state index is 5.69. The van der Waals surface area contributed by atoms with Crippen molar-refractivity contribution in [2.75, 3.05) is 5.73 Å². The number of anilines is 1. The Labute approximate surface area is 202 Å². The lowest BCUT2D eigenvalue weighted by Crippen LogP contribution is -1.85. The molecule has 0 saturated heterocycles. The summed E-state index contributed by atoms with van der Waals surface area (Å²) in [6, 6.07) is 17.7. The lowest BCUT2D eigenvalue weighted by molar-refractivity contribution is 0.607. The number of aryl methyl sites for hydroxylation is 1. The minimum absolute atomic E-state index is 0.623. The molecule has 0 bridgehead atoms. The van der Waals surface area contributed by atoms with Crippen molar-refractivity contribution in [3.63, 3.8) is 0 Å². The Kier molecular flexibility index (Phi) is 8.27. The molecule has 0 aliphatic carbocycles. The first-order chi connectivity index (χ1) is 16.2. The fourth-order valence-corrected chi connectivity index (χ4v) is 5.24.